The molecule has 0 unspecified atom stereocenters. The molecule has 0 spiro atoms. The molecule has 3 nitrogen and oxygen atoms in total. The van der Waals surface area contributed by atoms with Crippen LogP contribution in [0.3, 0.4) is 0 Å². The SMILES string of the molecule is CCCC(=O)N(CCc1ccc(SC(C)=O)cc1)C1CCCCC1. The molecule has 0 aliphatic heterocycles. The van der Waals surface area contributed by atoms with E-state index in [-0.39, 0.29) is 5.12 Å². The molecular formula is C20H29NO2S. The van der Waals surface area contributed by atoms with Crippen molar-refractivity contribution in [1.82, 2.24) is 4.90 Å². The minimum absolute atomic E-state index is 0.108. The molecule has 1 saturated carbocycles. The van der Waals surface area contributed by atoms with Gasteiger partial charge in [0.15, 0.2) is 5.12 Å². The van der Waals surface area contributed by atoms with E-state index in [9.17, 15) is 9.59 Å². The van der Waals surface area contributed by atoms with Crippen molar-refractivity contribution in [2.45, 2.75) is 76.2 Å². The Hall–Kier alpha value is -1.29. The van der Waals surface area contributed by atoms with E-state index in [0.29, 0.717) is 18.4 Å². The Balaban J connectivity index is 1.95. The number of amides is 1. The van der Waals surface area contributed by atoms with Crippen LogP contribution in [0.2, 0.25) is 0 Å². The van der Waals surface area contributed by atoms with Gasteiger partial charge in [0.1, 0.15) is 0 Å². The molecule has 132 valence electrons. The number of benzene rings is 1. The van der Waals surface area contributed by atoms with Crippen molar-refractivity contribution < 1.29 is 9.59 Å². The molecule has 0 heterocycles. The fourth-order valence-electron chi connectivity index (χ4n) is 3.40. The Morgan fingerprint density at radius 2 is 1.79 bits per heavy atom. The number of carbonyl (C=O) groups excluding carboxylic acids is 2. The number of nitrogens with zero attached hydrogens (tertiary/aromatic N) is 1. The third-order valence-electron chi connectivity index (χ3n) is 4.63. The molecule has 0 N–H and O–H groups in total. The van der Waals surface area contributed by atoms with Gasteiger partial charge in [0.05, 0.1) is 0 Å². The van der Waals surface area contributed by atoms with E-state index >= 15 is 0 Å². The summed E-state index contributed by atoms with van der Waals surface area (Å²) in [7, 11) is 0. The van der Waals surface area contributed by atoms with Gasteiger partial charge in [-0.15, -0.1) is 0 Å². The molecule has 1 aromatic carbocycles. The predicted octanol–water partition coefficient (Wildman–Crippen LogP) is 4.83. The first kappa shape index (κ1) is 19.0. The molecule has 1 aliphatic carbocycles. The zero-order chi connectivity index (χ0) is 17.4. The van der Waals surface area contributed by atoms with Gasteiger partial charge in [-0.3, -0.25) is 9.59 Å². The van der Waals surface area contributed by atoms with E-state index in [1.807, 2.05) is 12.1 Å². The van der Waals surface area contributed by atoms with Gasteiger partial charge in [-0.1, -0.05) is 50.1 Å². The lowest BCUT2D eigenvalue weighted by Crippen LogP contribution is -2.42. The maximum Gasteiger partial charge on any atom is 0.222 e. The lowest BCUT2D eigenvalue weighted by Gasteiger charge is -2.34. The van der Waals surface area contributed by atoms with Gasteiger partial charge >= 0.3 is 0 Å². The minimum atomic E-state index is 0.108. The van der Waals surface area contributed by atoms with E-state index in [0.717, 1.165) is 37.1 Å². The van der Waals surface area contributed by atoms with Crippen molar-refractivity contribution in [3.05, 3.63) is 29.8 Å². The second-order valence-corrected chi connectivity index (χ2v) is 7.87. The summed E-state index contributed by atoms with van der Waals surface area (Å²) >= 11 is 1.26. The monoisotopic (exact) mass is 347 g/mol. The minimum Gasteiger partial charge on any atom is -0.339 e. The van der Waals surface area contributed by atoms with Crippen molar-refractivity contribution in [1.29, 1.82) is 0 Å². The molecule has 4 heteroatoms. The standard InChI is InChI=1S/C20H29NO2S/c1-3-7-20(23)21(18-8-5-4-6-9-18)15-14-17-10-12-19(13-11-17)24-16(2)22/h10-13,18H,3-9,14-15H2,1-2H3. The zero-order valence-corrected chi connectivity index (χ0v) is 15.7. The van der Waals surface area contributed by atoms with Gasteiger partial charge in [0.25, 0.3) is 0 Å². The van der Waals surface area contributed by atoms with Crippen LogP contribution < -0.4 is 0 Å². The topological polar surface area (TPSA) is 37.4 Å². The lowest BCUT2D eigenvalue weighted by atomic mass is 9.93. The summed E-state index contributed by atoms with van der Waals surface area (Å²) in [5, 5.41) is 0.108. The number of thioether (sulfide) groups is 1. The van der Waals surface area contributed by atoms with Crippen molar-refractivity contribution in [2.75, 3.05) is 6.54 Å². The van der Waals surface area contributed by atoms with Crippen LogP contribution in [-0.4, -0.2) is 28.5 Å². The first-order valence-electron chi connectivity index (χ1n) is 9.17. The maximum absolute atomic E-state index is 12.5. The second-order valence-electron chi connectivity index (χ2n) is 6.62. The highest BCUT2D eigenvalue weighted by atomic mass is 32.2. The molecule has 0 aromatic heterocycles. The molecule has 2 rings (SSSR count). The maximum atomic E-state index is 12.5. The predicted molar refractivity (Wildman–Crippen MR) is 100 cm³/mol. The van der Waals surface area contributed by atoms with Crippen molar-refractivity contribution in [2.24, 2.45) is 0 Å². The van der Waals surface area contributed by atoms with Crippen LogP contribution in [-0.2, 0) is 16.0 Å². The Bertz CT molecular complexity index is 535. The Morgan fingerprint density at radius 3 is 2.38 bits per heavy atom. The number of carbonyl (C=O) groups is 2. The molecule has 1 aromatic rings. The van der Waals surface area contributed by atoms with Gasteiger partial charge in [0.2, 0.25) is 5.91 Å². The summed E-state index contributed by atoms with van der Waals surface area (Å²) in [6, 6.07) is 8.59. The average Bonchev–Trinajstić information content (AvgIpc) is 2.57. The normalized spacial score (nSPS) is 15.2. The Morgan fingerprint density at radius 1 is 1.12 bits per heavy atom. The van der Waals surface area contributed by atoms with E-state index in [4.69, 9.17) is 0 Å². The third kappa shape index (κ3) is 5.97. The van der Waals surface area contributed by atoms with Crippen molar-refractivity contribution in [3.63, 3.8) is 0 Å². The van der Waals surface area contributed by atoms with E-state index in [2.05, 4.69) is 24.0 Å². The van der Waals surface area contributed by atoms with Crippen LogP contribution in [0.25, 0.3) is 0 Å². The van der Waals surface area contributed by atoms with Crippen LogP contribution in [0.5, 0.6) is 0 Å². The quantitative estimate of drug-likeness (QED) is 0.663. The lowest BCUT2D eigenvalue weighted by molar-refractivity contribution is -0.134. The number of hydrogen-bond acceptors (Lipinski definition) is 3. The largest absolute Gasteiger partial charge is 0.339 e. The van der Waals surface area contributed by atoms with Gasteiger partial charge in [-0.2, -0.15) is 0 Å². The zero-order valence-electron chi connectivity index (χ0n) is 14.9. The molecular weight excluding hydrogens is 318 g/mol. The summed E-state index contributed by atoms with van der Waals surface area (Å²) in [5.41, 5.74) is 1.23. The molecule has 0 bridgehead atoms. The first-order chi connectivity index (χ1) is 11.6. The first-order valence-corrected chi connectivity index (χ1v) is 9.98. The van der Waals surface area contributed by atoms with Crippen molar-refractivity contribution in [3.8, 4) is 0 Å². The molecule has 1 fully saturated rings. The van der Waals surface area contributed by atoms with Crippen LogP contribution in [0.15, 0.2) is 29.2 Å². The van der Waals surface area contributed by atoms with E-state index < -0.39 is 0 Å². The summed E-state index contributed by atoms with van der Waals surface area (Å²) in [6.45, 7) is 4.46. The summed E-state index contributed by atoms with van der Waals surface area (Å²) in [5.74, 6) is 0.313. The Kier molecular flexibility index (Phi) is 7.83. The van der Waals surface area contributed by atoms with E-state index in [1.165, 1.54) is 36.6 Å². The van der Waals surface area contributed by atoms with Crippen LogP contribution in [0.1, 0.15) is 64.4 Å². The summed E-state index contributed by atoms with van der Waals surface area (Å²) in [6.07, 6.45) is 8.57. The molecule has 0 radical (unpaired) electrons. The summed E-state index contributed by atoms with van der Waals surface area (Å²) < 4.78 is 0. The fraction of sp³-hybridized carbons (Fsp3) is 0.600. The van der Waals surface area contributed by atoms with Gasteiger partial charge in [0, 0.05) is 30.8 Å². The smallest absolute Gasteiger partial charge is 0.222 e. The summed E-state index contributed by atoms with van der Waals surface area (Å²) in [4.78, 5) is 26.8. The number of rotatable bonds is 7. The molecule has 0 saturated heterocycles. The van der Waals surface area contributed by atoms with Gasteiger partial charge in [-0.25, -0.2) is 0 Å². The fourth-order valence-corrected chi connectivity index (χ4v) is 4.00. The van der Waals surface area contributed by atoms with E-state index in [1.54, 1.807) is 6.92 Å². The van der Waals surface area contributed by atoms with Gasteiger partial charge in [-0.05, 0) is 43.4 Å². The van der Waals surface area contributed by atoms with Crippen LogP contribution in [0.4, 0.5) is 0 Å². The Labute approximate surface area is 150 Å². The van der Waals surface area contributed by atoms with Crippen molar-refractivity contribution >= 4 is 22.8 Å². The van der Waals surface area contributed by atoms with Crippen LogP contribution in [0, 0.1) is 0 Å². The molecule has 1 aliphatic rings. The molecule has 0 atom stereocenters. The van der Waals surface area contributed by atoms with Gasteiger partial charge < -0.3 is 4.90 Å². The highest BCUT2D eigenvalue weighted by Gasteiger charge is 2.24. The molecule has 24 heavy (non-hydrogen) atoms. The third-order valence-corrected chi connectivity index (χ3v) is 5.42. The average molecular weight is 348 g/mol. The highest BCUT2D eigenvalue weighted by Crippen LogP contribution is 2.24. The highest BCUT2D eigenvalue weighted by molar-refractivity contribution is 8.13. The molecule has 1 amide bonds. The van der Waals surface area contributed by atoms with Crippen LogP contribution >= 0.6 is 11.8 Å². The number of hydrogen-bond donors (Lipinski definition) is 0. The second kappa shape index (κ2) is 9.87.